The summed E-state index contributed by atoms with van der Waals surface area (Å²) >= 11 is 0. The van der Waals surface area contributed by atoms with Crippen LogP contribution in [0, 0.1) is 5.92 Å². The molecule has 2 fully saturated rings. The Bertz CT molecular complexity index is 169. The van der Waals surface area contributed by atoms with E-state index in [0.717, 1.165) is 5.92 Å². The molecule has 1 N–H and O–H groups in total. The second-order valence-corrected chi connectivity index (χ2v) is 5.73. The molecule has 0 aromatic rings. The normalized spacial score (nSPS) is 26.8. The molecule has 88 valence electrons. The maximum atomic E-state index is 3.47. The van der Waals surface area contributed by atoms with Crippen LogP contribution < -0.4 is 5.32 Å². The minimum Gasteiger partial charge on any atom is -0.317 e. The van der Waals surface area contributed by atoms with Crippen molar-refractivity contribution >= 4 is 0 Å². The lowest BCUT2D eigenvalue weighted by molar-refractivity contribution is 0.0318. The molecular formula is C13H26N2. The van der Waals surface area contributed by atoms with Gasteiger partial charge in [-0.05, 0) is 71.6 Å². The van der Waals surface area contributed by atoms with Gasteiger partial charge in [0, 0.05) is 5.54 Å². The summed E-state index contributed by atoms with van der Waals surface area (Å²) in [5, 5.41) is 3.47. The van der Waals surface area contributed by atoms with Crippen LogP contribution in [0.25, 0.3) is 0 Å². The molecule has 2 saturated heterocycles. The average Bonchev–Trinajstić information content (AvgIpc) is 2.31. The second kappa shape index (κ2) is 4.84. The van der Waals surface area contributed by atoms with Crippen LogP contribution in [-0.2, 0) is 0 Å². The van der Waals surface area contributed by atoms with E-state index in [2.05, 4.69) is 24.1 Å². The lowest BCUT2D eigenvalue weighted by Gasteiger charge is -2.47. The van der Waals surface area contributed by atoms with Crippen molar-refractivity contribution in [3.05, 3.63) is 0 Å². The summed E-state index contributed by atoms with van der Waals surface area (Å²) in [5.41, 5.74) is 0.433. The van der Waals surface area contributed by atoms with Crippen LogP contribution in [0.2, 0.25) is 0 Å². The number of rotatable bonds is 2. The molecule has 2 nitrogen and oxygen atoms in total. The first kappa shape index (κ1) is 11.4. The molecule has 2 heterocycles. The van der Waals surface area contributed by atoms with Crippen molar-refractivity contribution in [3.63, 3.8) is 0 Å². The molecule has 0 saturated carbocycles. The Morgan fingerprint density at radius 2 is 1.60 bits per heavy atom. The number of nitrogens with zero attached hydrogens (tertiary/aromatic N) is 1. The zero-order valence-corrected chi connectivity index (χ0v) is 10.4. The Labute approximate surface area is 94.4 Å². The molecule has 0 bridgehead atoms. The third-order valence-electron chi connectivity index (χ3n) is 4.51. The Morgan fingerprint density at radius 3 is 2.20 bits per heavy atom. The zero-order valence-electron chi connectivity index (χ0n) is 10.4. The summed E-state index contributed by atoms with van der Waals surface area (Å²) in [7, 11) is 0. The summed E-state index contributed by atoms with van der Waals surface area (Å²) in [6.07, 6.45) is 6.99. The highest BCUT2D eigenvalue weighted by Gasteiger charge is 2.36. The molecule has 0 unspecified atom stereocenters. The first-order valence-corrected chi connectivity index (χ1v) is 6.67. The maximum absolute atomic E-state index is 3.47. The van der Waals surface area contributed by atoms with Gasteiger partial charge < -0.3 is 5.32 Å². The van der Waals surface area contributed by atoms with Crippen LogP contribution >= 0.6 is 0 Å². The van der Waals surface area contributed by atoms with E-state index < -0.39 is 0 Å². The third kappa shape index (κ3) is 2.54. The van der Waals surface area contributed by atoms with E-state index in [0.29, 0.717) is 5.54 Å². The Hall–Kier alpha value is -0.0800. The topological polar surface area (TPSA) is 15.3 Å². The van der Waals surface area contributed by atoms with Gasteiger partial charge in [-0.25, -0.2) is 0 Å². The highest BCUT2D eigenvalue weighted by atomic mass is 15.2. The fraction of sp³-hybridized carbons (Fsp3) is 1.00. The minimum absolute atomic E-state index is 0.433. The molecule has 0 spiro atoms. The van der Waals surface area contributed by atoms with Crippen LogP contribution in [0.4, 0.5) is 0 Å². The summed E-state index contributed by atoms with van der Waals surface area (Å²) in [5.74, 6) is 0.900. The number of nitrogens with one attached hydrogen (secondary N) is 1. The van der Waals surface area contributed by atoms with Crippen molar-refractivity contribution in [2.45, 2.75) is 51.5 Å². The molecule has 0 aromatic heterocycles. The first-order chi connectivity index (χ1) is 7.21. The molecule has 0 atom stereocenters. The molecule has 15 heavy (non-hydrogen) atoms. The van der Waals surface area contributed by atoms with Gasteiger partial charge in [0.05, 0.1) is 0 Å². The van der Waals surface area contributed by atoms with E-state index in [4.69, 9.17) is 0 Å². The number of piperidine rings is 2. The quantitative estimate of drug-likeness (QED) is 0.752. The van der Waals surface area contributed by atoms with E-state index in [9.17, 15) is 0 Å². The Balaban J connectivity index is 1.96. The summed E-state index contributed by atoms with van der Waals surface area (Å²) < 4.78 is 0. The minimum atomic E-state index is 0.433. The molecular weight excluding hydrogens is 184 g/mol. The lowest BCUT2D eigenvalue weighted by atomic mass is 9.79. The Morgan fingerprint density at radius 1 is 1.00 bits per heavy atom. The average molecular weight is 210 g/mol. The van der Waals surface area contributed by atoms with Gasteiger partial charge in [0.1, 0.15) is 0 Å². The largest absolute Gasteiger partial charge is 0.317 e. The molecule has 2 heteroatoms. The van der Waals surface area contributed by atoms with Gasteiger partial charge in [0.2, 0.25) is 0 Å². The fourth-order valence-corrected chi connectivity index (χ4v) is 3.26. The maximum Gasteiger partial charge on any atom is 0.0182 e. The molecule has 0 aromatic carbocycles. The lowest BCUT2D eigenvalue weighted by Crippen LogP contribution is -2.53. The van der Waals surface area contributed by atoms with E-state index in [-0.39, 0.29) is 0 Å². The Kier molecular flexibility index (Phi) is 3.68. The molecule has 2 aliphatic rings. The van der Waals surface area contributed by atoms with E-state index >= 15 is 0 Å². The number of hydrogen-bond acceptors (Lipinski definition) is 2. The van der Waals surface area contributed by atoms with E-state index in [1.54, 1.807) is 0 Å². The molecule has 0 aliphatic carbocycles. The van der Waals surface area contributed by atoms with Crippen LogP contribution in [0.3, 0.4) is 0 Å². The van der Waals surface area contributed by atoms with Gasteiger partial charge in [0.25, 0.3) is 0 Å². The predicted octanol–water partition coefficient (Wildman–Crippen LogP) is 2.25. The van der Waals surface area contributed by atoms with Gasteiger partial charge in [-0.3, -0.25) is 4.90 Å². The zero-order chi connectivity index (χ0) is 10.7. The SMILES string of the molecule is CC(C)(C1CCNCC1)N1CCCCC1. The van der Waals surface area contributed by atoms with Gasteiger partial charge in [-0.15, -0.1) is 0 Å². The van der Waals surface area contributed by atoms with Crippen molar-refractivity contribution in [1.29, 1.82) is 0 Å². The molecule has 0 amide bonds. The smallest absolute Gasteiger partial charge is 0.0182 e. The van der Waals surface area contributed by atoms with E-state index in [1.807, 2.05) is 0 Å². The second-order valence-electron chi connectivity index (χ2n) is 5.73. The van der Waals surface area contributed by atoms with Crippen molar-refractivity contribution in [1.82, 2.24) is 10.2 Å². The van der Waals surface area contributed by atoms with Gasteiger partial charge >= 0.3 is 0 Å². The van der Waals surface area contributed by atoms with Crippen molar-refractivity contribution in [2.24, 2.45) is 5.92 Å². The van der Waals surface area contributed by atoms with Gasteiger partial charge in [-0.1, -0.05) is 6.42 Å². The van der Waals surface area contributed by atoms with Crippen LogP contribution in [0.1, 0.15) is 46.0 Å². The number of likely N-dealkylation sites (tertiary alicyclic amines) is 1. The van der Waals surface area contributed by atoms with Crippen LogP contribution in [0.5, 0.6) is 0 Å². The van der Waals surface area contributed by atoms with Gasteiger partial charge in [0.15, 0.2) is 0 Å². The van der Waals surface area contributed by atoms with Crippen molar-refractivity contribution in [2.75, 3.05) is 26.2 Å². The van der Waals surface area contributed by atoms with Crippen LogP contribution in [-0.4, -0.2) is 36.6 Å². The van der Waals surface area contributed by atoms with Crippen molar-refractivity contribution < 1.29 is 0 Å². The molecule has 2 aliphatic heterocycles. The highest BCUT2D eigenvalue weighted by molar-refractivity contribution is 4.92. The van der Waals surface area contributed by atoms with Crippen molar-refractivity contribution in [3.8, 4) is 0 Å². The van der Waals surface area contributed by atoms with Gasteiger partial charge in [-0.2, -0.15) is 0 Å². The standard InChI is InChI=1S/C13H26N2/c1-13(2,12-6-8-14-9-7-12)15-10-4-3-5-11-15/h12,14H,3-11H2,1-2H3. The third-order valence-corrected chi connectivity index (χ3v) is 4.51. The summed E-state index contributed by atoms with van der Waals surface area (Å²) in [4.78, 5) is 2.74. The predicted molar refractivity (Wildman–Crippen MR) is 65.1 cm³/mol. The van der Waals surface area contributed by atoms with Crippen LogP contribution in [0.15, 0.2) is 0 Å². The fourth-order valence-electron chi connectivity index (χ4n) is 3.26. The monoisotopic (exact) mass is 210 g/mol. The van der Waals surface area contributed by atoms with E-state index in [1.165, 1.54) is 58.3 Å². The number of hydrogen-bond donors (Lipinski definition) is 1. The summed E-state index contributed by atoms with van der Waals surface area (Å²) in [6.45, 7) is 10.0. The molecule has 0 radical (unpaired) electrons. The molecule has 2 rings (SSSR count). The first-order valence-electron chi connectivity index (χ1n) is 6.67. The summed E-state index contributed by atoms with van der Waals surface area (Å²) in [6, 6.07) is 0. The highest BCUT2D eigenvalue weighted by Crippen LogP contribution is 2.32.